The SMILES string of the molecule is Cc1cc(C(C)N2Cc3c(ccnc3C(=O)NC3CC3)C2=O)cnc1OCC(F)F. The van der Waals surface area contributed by atoms with Crippen molar-refractivity contribution in [1.82, 2.24) is 20.2 Å². The van der Waals surface area contributed by atoms with Gasteiger partial charge in [-0.05, 0) is 44.4 Å². The highest BCUT2D eigenvalue weighted by atomic mass is 19.3. The predicted octanol–water partition coefficient (Wildman–Crippen LogP) is 3.04. The Balaban J connectivity index is 1.53. The summed E-state index contributed by atoms with van der Waals surface area (Å²) in [6, 6.07) is 3.26. The third kappa shape index (κ3) is 3.96. The number of carbonyl (C=O) groups is 2. The molecule has 2 aliphatic rings. The lowest BCUT2D eigenvalue weighted by Crippen LogP contribution is -2.28. The van der Waals surface area contributed by atoms with E-state index in [1.807, 2.05) is 6.92 Å². The fourth-order valence-corrected chi connectivity index (χ4v) is 3.53. The van der Waals surface area contributed by atoms with E-state index >= 15 is 0 Å². The zero-order valence-corrected chi connectivity index (χ0v) is 16.7. The fraction of sp³-hybridized carbons (Fsp3) is 0.429. The van der Waals surface area contributed by atoms with Gasteiger partial charge in [-0.1, -0.05) is 0 Å². The van der Waals surface area contributed by atoms with Crippen LogP contribution in [0.2, 0.25) is 0 Å². The first-order chi connectivity index (χ1) is 14.3. The Labute approximate surface area is 172 Å². The van der Waals surface area contributed by atoms with Crippen molar-refractivity contribution in [2.75, 3.05) is 6.61 Å². The highest BCUT2D eigenvalue weighted by molar-refractivity contribution is 6.03. The number of amides is 2. The van der Waals surface area contributed by atoms with Crippen LogP contribution < -0.4 is 10.1 Å². The lowest BCUT2D eigenvalue weighted by Gasteiger charge is -2.25. The summed E-state index contributed by atoms with van der Waals surface area (Å²) in [6.07, 6.45) is 2.35. The number of nitrogens with zero attached hydrogens (tertiary/aromatic N) is 3. The van der Waals surface area contributed by atoms with Gasteiger partial charge in [0, 0.05) is 41.7 Å². The number of pyridine rings is 2. The monoisotopic (exact) mass is 416 g/mol. The van der Waals surface area contributed by atoms with Crippen molar-refractivity contribution < 1.29 is 23.1 Å². The number of fused-ring (bicyclic) bond motifs is 1. The first kappa shape index (κ1) is 20.2. The average molecular weight is 416 g/mol. The first-order valence-corrected chi connectivity index (χ1v) is 9.82. The molecule has 30 heavy (non-hydrogen) atoms. The molecule has 1 unspecified atom stereocenters. The molecule has 0 saturated heterocycles. The predicted molar refractivity (Wildman–Crippen MR) is 103 cm³/mol. The lowest BCUT2D eigenvalue weighted by atomic mass is 10.1. The Kier molecular flexibility index (Phi) is 5.36. The second kappa shape index (κ2) is 7.97. The van der Waals surface area contributed by atoms with E-state index in [-0.39, 0.29) is 42.0 Å². The van der Waals surface area contributed by atoms with Gasteiger partial charge >= 0.3 is 0 Å². The molecule has 1 aliphatic heterocycles. The van der Waals surface area contributed by atoms with Crippen LogP contribution in [0.5, 0.6) is 5.88 Å². The minimum atomic E-state index is -2.58. The summed E-state index contributed by atoms with van der Waals surface area (Å²) in [6.45, 7) is 3.12. The van der Waals surface area contributed by atoms with Crippen molar-refractivity contribution in [3.05, 3.63) is 52.5 Å². The van der Waals surface area contributed by atoms with Crippen LogP contribution >= 0.6 is 0 Å². The molecular weight excluding hydrogens is 394 g/mol. The van der Waals surface area contributed by atoms with Crippen molar-refractivity contribution in [1.29, 1.82) is 0 Å². The number of aromatic nitrogens is 2. The zero-order valence-electron chi connectivity index (χ0n) is 16.7. The summed E-state index contributed by atoms with van der Waals surface area (Å²) < 4.78 is 29.8. The van der Waals surface area contributed by atoms with Crippen LogP contribution in [-0.2, 0) is 6.54 Å². The Morgan fingerprint density at radius 3 is 2.80 bits per heavy atom. The van der Waals surface area contributed by atoms with Crippen LogP contribution in [-0.4, -0.2) is 45.8 Å². The van der Waals surface area contributed by atoms with Gasteiger partial charge in [0.1, 0.15) is 5.69 Å². The number of carbonyl (C=O) groups excluding carboxylic acids is 2. The number of halogens is 2. The summed E-state index contributed by atoms with van der Waals surface area (Å²) in [7, 11) is 0. The van der Waals surface area contributed by atoms with Gasteiger partial charge in [-0.25, -0.2) is 13.8 Å². The molecule has 0 bridgehead atoms. The van der Waals surface area contributed by atoms with Crippen LogP contribution in [0.15, 0.2) is 24.5 Å². The number of hydrogen-bond acceptors (Lipinski definition) is 5. The molecule has 3 heterocycles. The van der Waals surface area contributed by atoms with Gasteiger partial charge in [0.15, 0.2) is 6.61 Å². The maximum Gasteiger partial charge on any atom is 0.272 e. The molecule has 0 radical (unpaired) electrons. The van der Waals surface area contributed by atoms with E-state index < -0.39 is 13.0 Å². The number of ether oxygens (including phenoxy) is 1. The molecule has 1 atom stereocenters. The van der Waals surface area contributed by atoms with Crippen molar-refractivity contribution in [3.8, 4) is 5.88 Å². The molecule has 2 aromatic heterocycles. The maximum atomic E-state index is 13.0. The van der Waals surface area contributed by atoms with E-state index in [9.17, 15) is 18.4 Å². The van der Waals surface area contributed by atoms with Crippen LogP contribution in [0.4, 0.5) is 8.78 Å². The Morgan fingerprint density at radius 2 is 2.13 bits per heavy atom. The third-order valence-corrected chi connectivity index (χ3v) is 5.35. The summed E-state index contributed by atoms with van der Waals surface area (Å²) in [5.74, 6) is -0.295. The van der Waals surface area contributed by atoms with E-state index in [2.05, 4.69) is 15.3 Å². The van der Waals surface area contributed by atoms with E-state index in [1.165, 1.54) is 12.4 Å². The second-order valence-corrected chi connectivity index (χ2v) is 7.64. The normalized spacial score (nSPS) is 16.6. The quantitative estimate of drug-likeness (QED) is 0.750. The number of rotatable bonds is 7. The van der Waals surface area contributed by atoms with Gasteiger partial charge in [-0.3, -0.25) is 14.6 Å². The standard InChI is InChI=1S/C21H22F2N4O3/c1-11-7-13(8-25-20(11)30-10-17(22)23)12(2)27-9-16-15(21(27)29)5-6-24-18(16)19(28)26-14-3-4-14/h5-8,12,14,17H,3-4,9-10H2,1-2H3,(H,26,28). The fourth-order valence-electron chi connectivity index (χ4n) is 3.53. The topological polar surface area (TPSA) is 84.4 Å². The van der Waals surface area contributed by atoms with Crippen LogP contribution in [0.3, 0.4) is 0 Å². The molecule has 1 fully saturated rings. The van der Waals surface area contributed by atoms with Gasteiger partial charge in [0.25, 0.3) is 18.2 Å². The van der Waals surface area contributed by atoms with Gasteiger partial charge in [0.05, 0.1) is 6.04 Å². The lowest BCUT2D eigenvalue weighted by molar-refractivity contribution is 0.0712. The largest absolute Gasteiger partial charge is 0.471 e. The zero-order chi connectivity index (χ0) is 21.4. The molecule has 1 N–H and O–H groups in total. The number of aryl methyl sites for hydroxylation is 1. The Morgan fingerprint density at radius 1 is 1.37 bits per heavy atom. The highest BCUT2D eigenvalue weighted by Gasteiger charge is 2.36. The van der Waals surface area contributed by atoms with Crippen LogP contribution in [0.1, 0.15) is 63.3 Å². The molecule has 4 rings (SSSR count). The highest BCUT2D eigenvalue weighted by Crippen LogP contribution is 2.33. The van der Waals surface area contributed by atoms with Crippen molar-refractivity contribution >= 4 is 11.8 Å². The van der Waals surface area contributed by atoms with E-state index in [4.69, 9.17) is 4.74 Å². The average Bonchev–Trinajstić information content (AvgIpc) is 3.47. The number of alkyl halides is 2. The molecule has 2 amide bonds. The Bertz CT molecular complexity index is 994. The molecule has 0 aromatic carbocycles. The Hall–Kier alpha value is -3.10. The third-order valence-electron chi connectivity index (χ3n) is 5.35. The molecule has 9 heteroatoms. The number of nitrogens with one attached hydrogen (secondary N) is 1. The molecular formula is C21H22F2N4O3. The van der Waals surface area contributed by atoms with Crippen molar-refractivity contribution in [3.63, 3.8) is 0 Å². The second-order valence-electron chi connectivity index (χ2n) is 7.64. The molecule has 0 spiro atoms. The van der Waals surface area contributed by atoms with Crippen LogP contribution in [0.25, 0.3) is 0 Å². The van der Waals surface area contributed by atoms with E-state index in [0.29, 0.717) is 16.7 Å². The molecule has 2 aromatic rings. The van der Waals surface area contributed by atoms with Crippen molar-refractivity contribution in [2.24, 2.45) is 0 Å². The summed E-state index contributed by atoms with van der Waals surface area (Å²) in [5.41, 5.74) is 2.73. The molecule has 1 saturated carbocycles. The summed E-state index contributed by atoms with van der Waals surface area (Å²) >= 11 is 0. The molecule has 1 aliphatic carbocycles. The van der Waals surface area contributed by atoms with E-state index in [1.54, 1.807) is 24.0 Å². The van der Waals surface area contributed by atoms with Gasteiger partial charge < -0.3 is 15.0 Å². The van der Waals surface area contributed by atoms with Gasteiger partial charge in [-0.15, -0.1) is 0 Å². The van der Waals surface area contributed by atoms with Gasteiger partial charge in [-0.2, -0.15) is 0 Å². The minimum Gasteiger partial charge on any atom is -0.471 e. The number of hydrogen-bond donors (Lipinski definition) is 1. The van der Waals surface area contributed by atoms with E-state index in [0.717, 1.165) is 18.4 Å². The smallest absolute Gasteiger partial charge is 0.272 e. The van der Waals surface area contributed by atoms with Gasteiger partial charge in [0.2, 0.25) is 5.88 Å². The summed E-state index contributed by atoms with van der Waals surface area (Å²) in [4.78, 5) is 35.5. The maximum absolute atomic E-state index is 13.0. The molecule has 158 valence electrons. The first-order valence-electron chi connectivity index (χ1n) is 9.82. The van der Waals surface area contributed by atoms with Crippen molar-refractivity contribution in [2.45, 2.75) is 51.7 Å². The minimum absolute atomic E-state index is 0.144. The molecule has 7 nitrogen and oxygen atoms in total. The summed E-state index contributed by atoms with van der Waals surface area (Å²) in [5, 5.41) is 2.92. The van der Waals surface area contributed by atoms with Crippen LogP contribution in [0, 0.1) is 6.92 Å².